The van der Waals surface area contributed by atoms with Gasteiger partial charge in [-0.3, -0.25) is 9.59 Å². The maximum atomic E-state index is 14.0. The number of carbonyl (C=O) groups is 2. The van der Waals surface area contributed by atoms with Crippen LogP contribution in [0.15, 0.2) is 48.5 Å². The Morgan fingerprint density at radius 2 is 1.68 bits per heavy atom. The van der Waals surface area contributed by atoms with Crippen LogP contribution in [-0.4, -0.2) is 70.2 Å². The number of hydrogen-bond donors (Lipinski definition) is 1. The van der Waals surface area contributed by atoms with E-state index in [0.717, 1.165) is 48.9 Å². The van der Waals surface area contributed by atoms with Gasteiger partial charge in [-0.05, 0) is 54.9 Å². The maximum absolute atomic E-state index is 14.0. The van der Waals surface area contributed by atoms with Crippen molar-refractivity contribution in [3.63, 3.8) is 0 Å². The molecule has 202 valence electrons. The van der Waals surface area contributed by atoms with E-state index in [1.807, 2.05) is 48.5 Å². The summed E-state index contributed by atoms with van der Waals surface area (Å²) in [6.45, 7) is 6.39. The Hall–Kier alpha value is -3.30. The Kier molecular flexibility index (Phi) is 8.34. The number of nitrogens with zero attached hydrogens (tertiary/aromatic N) is 4. The predicted octanol–water partition coefficient (Wildman–Crippen LogP) is 3.60. The molecule has 0 aliphatic carbocycles. The van der Waals surface area contributed by atoms with Crippen LogP contribution in [0.2, 0.25) is 0 Å². The van der Waals surface area contributed by atoms with Gasteiger partial charge in [0.25, 0.3) is 0 Å². The summed E-state index contributed by atoms with van der Waals surface area (Å²) >= 11 is 0. The zero-order chi connectivity index (χ0) is 26.5. The summed E-state index contributed by atoms with van der Waals surface area (Å²) in [6, 6.07) is 14.8. The molecule has 1 aromatic heterocycles. The standard InChI is InChI=1S/C29H37N5O4/c1-20(2)21-11-13-22(14-12-21)28(29(36)30-17-23-7-5-15-37-23)33(18-24-8-6-16-38-24)27(35)19-34-26-10-4-3-9-25(26)31-32-34/h3-4,9-14,20,23-24,28H,5-8,15-19H2,1-2H3,(H,30,36)/t23-,24+,28+/m0/s1. The molecule has 1 N–H and O–H groups in total. The Morgan fingerprint density at radius 1 is 1.00 bits per heavy atom. The molecule has 2 aliphatic rings. The Labute approximate surface area is 223 Å². The van der Waals surface area contributed by atoms with Crippen LogP contribution >= 0.6 is 0 Å². The lowest BCUT2D eigenvalue weighted by atomic mass is 9.97. The first-order chi connectivity index (χ1) is 18.5. The molecule has 0 spiro atoms. The summed E-state index contributed by atoms with van der Waals surface area (Å²) < 4.78 is 13.2. The molecule has 2 fully saturated rings. The van der Waals surface area contributed by atoms with Crippen LogP contribution in [0.1, 0.15) is 62.6 Å². The molecule has 3 heterocycles. The van der Waals surface area contributed by atoms with E-state index < -0.39 is 6.04 Å². The normalized spacial score (nSPS) is 20.2. The maximum Gasteiger partial charge on any atom is 0.247 e. The van der Waals surface area contributed by atoms with Gasteiger partial charge in [-0.15, -0.1) is 5.10 Å². The zero-order valence-corrected chi connectivity index (χ0v) is 22.2. The molecule has 0 radical (unpaired) electrons. The molecule has 3 aromatic rings. The minimum Gasteiger partial charge on any atom is -0.376 e. The lowest BCUT2D eigenvalue weighted by Crippen LogP contribution is -2.48. The van der Waals surface area contributed by atoms with Gasteiger partial charge in [-0.1, -0.05) is 55.5 Å². The molecule has 2 aliphatic heterocycles. The number of ether oxygens (including phenoxy) is 2. The molecule has 0 unspecified atom stereocenters. The molecule has 2 aromatic carbocycles. The second kappa shape index (κ2) is 12.0. The Bertz CT molecular complexity index is 1230. The highest BCUT2D eigenvalue weighted by atomic mass is 16.5. The molecule has 2 amide bonds. The lowest BCUT2D eigenvalue weighted by molar-refractivity contribution is -0.143. The monoisotopic (exact) mass is 519 g/mol. The number of benzene rings is 2. The number of rotatable bonds is 10. The molecule has 9 heteroatoms. The second-order valence-corrected chi connectivity index (χ2v) is 10.5. The SMILES string of the molecule is CC(C)c1ccc([C@H](C(=O)NC[C@@H]2CCCO2)N(C[C@H]2CCCO2)C(=O)Cn2nnc3ccccc32)cc1. The van der Waals surface area contributed by atoms with Crippen molar-refractivity contribution >= 4 is 22.8 Å². The van der Waals surface area contributed by atoms with Crippen LogP contribution in [0.4, 0.5) is 0 Å². The van der Waals surface area contributed by atoms with Crippen LogP contribution in [0.25, 0.3) is 11.0 Å². The molecule has 9 nitrogen and oxygen atoms in total. The smallest absolute Gasteiger partial charge is 0.247 e. The third-order valence-electron chi connectivity index (χ3n) is 7.46. The number of aromatic nitrogens is 3. The Balaban J connectivity index is 1.46. The van der Waals surface area contributed by atoms with Gasteiger partial charge in [-0.2, -0.15) is 0 Å². The molecule has 2 saturated heterocycles. The van der Waals surface area contributed by atoms with Crippen LogP contribution in [0.3, 0.4) is 0 Å². The topological polar surface area (TPSA) is 98.6 Å². The van der Waals surface area contributed by atoms with E-state index in [-0.39, 0.29) is 30.6 Å². The number of fused-ring (bicyclic) bond motifs is 1. The van der Waals surface area contributed by atoms with Crippen LogP contribution in [0, 0.1) is 0 Å². The van der Waals surface area contributed by atoms with Crippen LogP contribution in [-0.2, 0) is 25.6 Å². The second-order valence-electron chi connectivity index (χ2n) is 10.5. The van der Waals surface area contributed by atoms with Crippen molar-refractivity contribution in [1.29, 1.82) is 0 Å². The molecular formula is C29H37N5O4. The molecule has 5 rings (SSSR count). The highest BCUT2D eigenvalue weighted by Crippen LogP contribution is 2.27. The van der Waals surface area contributed by atoms with Crippen LogP contribution < -0.4 is 5.32 Å². The minimum absolute atomic E-state index is 0.00625. The summed E-state index contributed by atoms with van der Waals surface area (Å²) in [6.07, 6.45) is 3.61. The van der Waals surface area contributed by atoms with E-state index in [1.165, 1.54) is 5.56 Å². The van der Waals surface area contributed by atoms with Crippen molar-refractivity contribution < 1.29 is 19.1 Å². The summed E-state index contributed by atoms with van der Waals surface area (Å²) in [5, 5.41) is 11.5. The molecule has 38 heavy (non-hydrogen) atoms. The van der Waals surface area contributed by atoms with E-state index in [0.29, 0.717) is 25.6 Å². The van der Waals surface area contributed by atoms with Crippen molar-refractivity contribution in [2.24, 2.45) is 0 Å². The largest absolute Gasteiger partial charge is 0.376 e. The summed E-state index contributed by atoms with van der Waals surface area (Å²) in [5.41, 5.74) is 3.45. The van der Waals surface area contributed by atoms with Crippen molar-refractivity contribution in [3.8, 4) is 0 Å². The van der Waals surface area contributed by atoms with Gasteiger partial charge in [0, 0.05) is 26.3 Å². The highest BCUT2D eigenvalue weighted by Gasteiger charge is 2.35. The third-order valence-corrected chi connectivity index (χ3v) is 7.46. The zero-order valence-electron chi connectivity index (χ0n) is 22.2. The van der Waals surface area contributed by atoms with E-state index in [9.17, 15) is 9.59 Å². The van der Waals surface area contributed by atoms with Crippen molar-refractivity contribution in [2.75, 3.05) is 26.3 Å². The molecule has 3 atom stereocenters. The van der Waals surface area contributed by atoms with E-state index in [2.05, 4.69) is 29.5 Å². The van der Waals surface area contributed by atoms with Crippen molar-refractivity contribution in [2.45, 2.75) is 70.2 Å². The lowest BCUT2D eigenvalue weighted by Gasteiger charge is -2.33. The minimum atomic E-state index is -0.802. The molecular weight excluding hydrogens is 482 g/mol. The number of carbonyl (C=O) groups excluding carboxylic acids is 2. The molecule has 0 saturated carbocycles. The van der Waals surface area contributed by atoms with Gasteiger partial charge in [0.05, 0.1) is 17.7 Å². The van der Waals surface area contributed by atoms with E-state index >= 15 is 0 Å². The summed E-state index contributed by atoms with van der Waals surface area (Å²) in [5.74, 6) is -0.0602. The first-order valence-electron chi connectivity index (χ1n) is 13.7. The highest BCUT2D eigenvalue weighted by molar-refractivity contribution is 5.89. The van der Waals surface area contributed by atoms with E-state index in [1.54, 1.807) is 9.58 Å². The van der Waals surface area contributed by atoms with Crippen molar-refractivity contribution in [1.82, 2.24) is 25.2 Å². The number of amides is 2. The fraction of sp³-hybridized carbons (Fsp3) is 0.517. The quantitative estimate of drug-likeness (QED) is 0.440. The van der Waals surface area contributed by atoms with Crippen molar-refractivity contribution in [3.05, 3.63) is 59.7 Å². The fourth-order valence-corrected chi connectivity index (χ4v) is 5.26. The van der Waals surface area contributed by atoms with Gasteiger partial charge in [-0.25, -0.2) is 4.68 Å². The summed E-state index contributed by atoms with van der Waals surface area (Å²) in [4.78, 5) is 29.5. The third kappa shape index (κ3) is 6.05. The number of para-hydroxylation sites is 1. The molecule has 0 bridgehead atoms. The number of nitrogens with one attached hydrogen (secondary N) is 1. The van der Waals surface area contributed by atoms with E-state index in [4.69, 9.17) is 9.47 Å². The summed E-state index contributed by atoms with van der Waals surface area (Å²) in [7, 11) is 0. The first-order valence-corrected chi connectivity index (χ1v) is 13.7. The van der Waals surface area contributed by atoms with Gasteiger partial charge < -0.3 is 19.7 Å². The fourth-order valence-electron chi connectivity index (χ4n) is 5.26. The van der Waals surface area contributed by atoms with Gasteiger partial charge in [0.2, 0.25) is 11.8 Å². The Morgan fingerprint density at radius 3 is 2.37 bits per heavy atom. The number of hydrogen-bond acceptors (Lipinski definition) is 6. The van der Waals surface area contributed by atoms with Gasteiger partial charge in [0.15, 0.2) is 0 Å². The average molecular weight is 520 g/mol. The van der Waals surface area contributed by atoms with Gasteiger partial charge >= 0.3 is 0 Å². The predicted molar refractivity (Wildman–Crippen MR) is 143 cm³/mol. The van der Waals surface area contributed by atoms with Gasteiger partial charge in [0.1, 0.15) is 18.1 Å². The average Bonchev–Trinajstić information content (AvgIpc) is 3.71. The van der Waals surface area contributed by atoms with Crippen LogP contribution in [0.5, 0.6) is 0 Å². The first kappa shape index (κ1) is 26.3.